The maximum atomic E-state index is 5.89. The molecule has 2 fully saturated rings. The molecular weight excluding hydrogens is 376 g/mol. The van der Waals surface area contributed by atoms with Gasteiger partial charge in [-0.25, -0.2) is 0 Å². The molecule has 0 bridgehead atoms. The molecule has 2 aliphatic rings. The lowest BCUT2D eigenvalue weighted by molar-refractivity contribution is 0.193. The SMILES string of the molecule is S=C1N[C@@H](c2ccccn2)[C@@H](c2cccn2-c2ccccc2)N1C1CCCCC1. The van der Waals surface area contributed by atoms with E-state index < -0.39 is 0 Å². The summed E-state index contributed by atoms with van der Waals surface area (Å²) in [4.78, 5) is 7.15. The van der Waals surface area contributed by atoms with Gasteiger partial charge in [-0.05, 0) is 61.5 Å². The Kier molecular flexibility index (Phi) is 5.06. The van der Waals surface area contributed by atoms with Crippen molar-refractivity contribution in [2.75, 3.05) is 0 Å². The van der Waals surface area contributed by atoms with E-state index in [0.717, 1.165) is 10.8 Å². The quantitative estimate of drug-likeness (QED) is 0.610. The fourth-order valence-electron chi connectivity index (χ4n) is 4.89. The third kappa shape index (κ3) is 3.44. The van der Waals surface area contributed by atoms with Crippen molar-refractivity contribution in [1.82, 2.24) is 19.8 Å². The van der Waals surface area contributed by atoms with Crippen LogP contribution in [0.5, 0.6) is 0 Å². The van der Waals surface area contributed by atoms with Crippen molar-refractivity contribution in [2.45, 2.75) is 50.2 Å². The predicted molar refractivity (Wildman–Crippen MR) is 120 cm³/mol. The Morgan fingerprint density at radius 3 is 2.45 bits per heavy atom. The Bertz CT molecular complexity index is 963. The van der Waals surface area contributed by atoms with E-state index in [1.807, 2.05) is 12.3 Å². The van der Waals surface area contributed by atoms with Gasteiger partial charge in [0.1, 0.15) is 0 Å². The van der Waals surface area contributed by atoms with Crippen molar-refractivity contribution in [3.05, 3.63) is 84.4 Å². The van der Waals surface area contributed by atoms with Crippen LogP contribution >= 0.6 is 12.2 Å². The molecule has 4 nitrogen and oxygen atoms in total. The van der Waals surface area contributed by atoms with Crippen LogP contribution in [0.2, 0.25) is 0 Å². The van der Waals surface area contributed by atoms with E-state index in [1.54, 1.807) is 0 Å². The first-order chi connectivity index (χ1) is 14.3. The van der Waals surface area contributed by atoms with Gasteiger partial charge in [0.05, 0.1) is 17.8 Å². The molecule has 0 spiro atoms. The molecular formula is C24H26N4S. The lowest BCUT2D eigenvalue weighted by Crippen LogP contribution is -2.40. The van der Waals surface area contributed by atoms with E-state index in [-0.39, 0.29) is 12.1 Å². The number of pyridine rings is 1. The third-order valence-corrected chi connectivity index (χ3v) is 6.55. The maximum absolute atomic E-state index is 5.89. The number of thiocarbonyl (C=S) groups is 1. The lowest BCUT2D eigenvalue weighted by Gasteiger charge is -2.37. The van der Waals surface area contributed by atoms with E-state index in [1.165, 1.54) is 43.5 Å². The zero-order valence-corrected chi connectivity index (χ0v) is 17.3. The second-order valence-corrected chi connectivity index (χ2v) is 8.35. The van der Waals surface area contributed by atoms with Gasteiger partial charge >= 0.3 is 0 Å². The van der Waals surface area contributed by atoms with Crippen LogP contribution < -0.4 is 5.32 Å². The van der Waals surface area contributed by atoms with Crippen LogP contribution in [0, 0.1) is 0 Å². The average molecular weight is 403 g/mol. The summed E-state index contributed by atoms with van der Waals surface area (Å²) in [7, 11) is 0. The van der Waals surface area contributed by atoms with Gasteiger partial charge in [-0.1, -0.05) is 43.5 Å². The van der Waals surface area contributed by atoms with Crippen molar-refractivity contribution in [2.24, 2.45) is 0 Å². The molecule has 1 N–H and O–H groups in total. The first-order valence-electron chi connectivity index (χ1n) is 10.6. The molecule has 5 rings (SSSR count). The number of para-hydroxylation sites is 1. The molecule has 5 heteroatoms. The summed E-state index contributed by atoms with van der Waals surface area (Å²) in [6.45, 7) is 0. The summed E-state index contributed by atoms with van der Waals surface area (Å²) in [5.74, 6) is 0. The Morgan fingerprint density at radius 2 is 1.69 bits per heavy atom. The second-order valence-electron chi connectivity index (χ2n) is 7.96. The van der Waals surface area contributed by atoms with E-state index in [0.29, 0.717) is 6.04 Å². The molecule has 1 aliphatic heterocycles. The molecule has 1 saturated heterocycles. The van der Waals surface area contributed by atoms with Gasteiger partial charge in [-0.3, -0.25) is 4.98 Å². The minimum absolute atomic E-state index is 0.0444. The van der Waals surface area contributed by atoms with Crippen molar-refractivity contribution in [3.63, 3.8) is 0 Å². The number of benzene rings is 1. The molecule has 0 radical (unpaired) electrons. The molecule has 1 aliphatic carbocycles. The van der Waals surface area contributed by atoms with Crippen LogP contribution in [0.25, 0.3) is 5.69 Å². The number of aromatic nitrogens is 2. The molecule has 3 aromatic rings. The van der Waals surface area contributed by atoms with Crippen LogP contribution in [0.3, 0.4) is 0 Å². The van der Waals surface area contributed by atoms with Crippen molar-refractivity contribution in [1.29, 1.82) is 0 Å². The van der Waals surface area contributed by atoms with Crippen LogP contribution in [-0.2, 0) is 0 Å². The first kappa shape index (κ1) is 18.4. The fourth-order valence-corrected chi connectivity index (χ4v) is 5.28. The van der Waals surface area contributed by atoms with Crippen molar-refractivity contribution >= 4 is 17.3 Å². The van der Waals surface area contributed by atoms with Gasteiger partial charge in [0.2, 0.25) is 0 Å². The number of nitrogens with one attached hydrogen (secondary N) is 1. The van der Waals surface area contributed by atoms with E-state index in [9.17, 15) is 0 Å². The fraction of sp³-hybridized carbons (Fsp3) is 0.333. The Morgan fingerprint density at radius 1 is 0.897 bits per heavy atom. The van der Waals surface area contributed by atoms with E-state index >= 15 is 0 Å². The van der Waals surface area contributed by atoms with Gasteiger partial charge in [0.25, 0.3) is 0 Å². The lowest BCUT2D eigenvalue weighted by atomic mass is 9.92. The van der Waals surface area contributed by atoms with Crippen LogP contribution in [-0.4, -0.2) is 25.6 Å². The van der Waals surface area contributed by atoms with Gasteiger partial charge in [-0.2, -0.15) is 0 Å². The normalized spacial score (nSPS) is 22.6. The Balaban J connectivity index is 1.61. The highest BCUT2D eigenvalue weighted by Crippen LogP contribution is 2.43. The second kappa shape index (κ2) is 7.99. The first-order valence-corrected chi connectivity index (χ1v) is 11.0. The van der Waals surface area contributed by atoms with Crippen LogP contribution in [0.15, 0.2) is 73.1 Å². The molecule has 1 aromatic carbocycles. The topological polar surface area (TPSA) is 33.1 Å². The number of hydrogen-bond donors (Lipinski definition) is 1. The summed E-state index contributed by atoms with van der Waals surface area (Å²) in [5, 5.41) is 4.48. The highest BCUT2D eigenvalue weighted by Gasteiger charge is 2.44. The number of rotatable bonds is 4. The van der Waals surface area contributed by atoms with Crippen molar-refractivity contribution < 1.29 is 0 Å². The molecule has 0 amide bonds. The minimum atomic E-state index is 0.0444. The van der Waals surface area contributed by atoms with E-state index in [2.05, 4.69) is 80.6 Å². The number of nitrogens with zero attached hydrogens (tertiary/aromatic N) is 3. The summed E-state index contributed by atoms with van der Waals surface area (Å²) in [5.41, 5.74) is 3.47. The monoisotopic (exact) mass is 402 g/mol. The third-order valence-electron chi connectivity index (χ3n) is 6.22. The predicted octanol–water partition coefficient (Wildman–Crippen LogP) is 5.18. The van der Waals surface area contributed by atoms with Crippen LogP contribution in [0.1, 0.15) is 55.6 Å². The van der Waals surface area contributed by atoms with Gasteiger partial charge in [-0.15, -0.1) is 0 Å². The molecule has 2 atom stereocenters. The number of hydrogen-bond acceptors (Lipinski definition) is 2. The summed E-state index contributed by atoms with van der Waals surface area (Å²) >= 11 is 5.89. The molecule has 2 aromatic heterocycles. The van der Waals surface area contributed by atoms with Gasteiger partial charge in [0.15, 0.2) is 5.11 Å². The largest absolute Gasteiger partial charge is 0.352 e. The van der Waals surface area contributed by atoms with Gasteiger partial charge < -0.3 is 14.8 Å². The zero-order valence-electron chi connectivity index (χ0n) is 16.4. The van der Waals surface area contributed by atoms with E-state index in [4.69, 9.17) is 12.2 Å². The zero-order chi connectivity index (χ0) is 19.6. The maximum Gasteiger partial charge on any atom is 0.170 e. The Labute approximate surface area is 177 Å². The smallest absolute Gasteiger partial charge is 0.170 e. The highest BCUT2D eigenvalue weighted by molar-refractivity contribution is 7.80. The summed E-state index contributed by atoms with van der Waals surface area (Å²) < 4.78 is 2.30. The summed E-state index contributed by atoms with van der Waals surface area (Å²) in [6, 6.07) is 21.7. The molecule has 1 saturated carbocycles. The standard InChI is InChI=1S/C24H26N4S/c29-24-26-22(20-14-7-8-16-25-20)23(28(24)19-12-5-2-6-13-19)21-15-9-17-27(21)18-10-3-1-4-11-18/h1,3-4,7-11,14-17,19,22-23H,2,5-6,12-13H2,(H,26,29)/t22-,23+/m0/s1. The highest BCUT2D eigenvalue weighted by atomic mass is 32.1. The van der Waals surface area contributed by atoms with Gasteiger partial charge in [0, 0.05) is 29.8 Å². The summed E-state index contributed by atoms with van der Waals surface area (Å²) in [6.07, 6.45) is 10.3. The van der Waals surface area contributed by atoms with Crippen molar-refractivity contribution in [3.8, 4) is 5.69 Å². The Hall–Kier alpha value is -2.66. The minimum Gasteiger partial charge on any atom is -0.352 e. The molecule has 148 valence electrons. The molecule has 3 heterocycles. The van der Waals surface area contributed by atoms with Crippen LogP contribution in [0.4, 0.5) is 0 Å². The average Bonchev–Trinajstić information content (AvgIpc) is 3.40. The molecule has 0 unspecified atom stereocenters. The molecule has 29 heavy (non-hydrogen) atoms.